The van der Waals surface area contributed by atoms with Crippen LogP contribution in [0.5, 0.6) is 0 Å². The van der Waals surface area contributed by atoms with Crippen LogP contribution in [0.15, 0.2) is 24.5 Å². The maximum Gasteiger partial charge on any atom is 0.255 e. The molecule has 1 saturated heterocycles. The zero-order valence-corrected chi connectivity index (χ0v) is 9.88. The van der Waals surface area contributed by atoms with Gasteiger partial charge in [-0.3, -0.25) is 9.78 Å². The van der Waals surface area contributed by atoms with Crippen molar-refractivity contribution >= 4 is 5.91 Å². The third kappa shape index (κ3) is 2.82. The Morgan fingerprint density at radius 2 is 2.47 bits per heavy atom. The molecule has 0 radical (unpaired) electrons. The summed E-state index contributed by atoms with van der Waals surface area (Å²) in [6.07, 6.45) is 7.05. The van der Waals surface area contributed by atoms with Crippen LogP contribution in [0.1, 0.15) is 36.0 Å². The molecule has 1 atom stereocenters. The zero-order chi connectivity index (χ0) is 12.1. The Morgan fingerprint density at radius 1 is 1.59 bits per heavy atom. The highest BCUT2D eigenvalue weighted by molar-refractivity contribution is 5.94. The standard InChI is InChI=1S/C13H18N2O2/c16-9-3-6-12-5-2-8-15(12)13(17)11-4-1-7-14-10-11/h1,4,7,10,12,16H,2-3,5-6,8-9H2. The molecular formula is C13H18N2O2. The third-order valence-electron chi connectivity index (χ3n) is 3.24. The van der Waals surface area contributed by atoms with Gasteiger partial charge in [0.05, 0.1) is 5.56 Å². The van der Waals surface area contributed by atoms with Crippen molar-refractivity contribution in [2.45, 2.75) is 31.7 Å². The number of pyridine rings is 1. The molecule has 1 aliphatic heterocycles. The highest BCUT2D eigenvalue weighted by atomic mass is 16.3. The summed E-state index contributed by atoms with van der Waals surface area (Å²) < 4.78 is 0. The lowest BCUT2D eigenvalue weighted by Gasteiger charge is -2.24. The number of aliphatic hydroxyl groups excluding tert-OH is 1. The summed E-state index contributed by atoms with van der Waals surface area (Å²) in [7, 11) is 0. The van der Waals surface area contributed by atoms with Crippen LogP contribution in [-0.4, -0.2) is 40.1 Å². The van der Waals surface area contributed by atoms with Crippen LogP contribution in [0.2, 0.25) is 0 Å². The highest BCUT2D eigenvalue weighted by Crippen LogP contribution is 2.23. The van der Waals surface area contributed by atoms with E-state index in [0.717, 1.165) is 32.2 Å². The van der Waals surface area contributed by atoms with Gasteiger partial charge in [0.2, 0.25) is 0 Å². The quantitative estimate of drug-likeness (QED) is 0.858. The van der Waals surface area contributed by atoms with Gasteiger partial charge in [0, 0.05) is 31.6 Å². The molecule has 1 amide bonds. The minimum absolute atomic E-state index is 0.0681. The minimum Gasteiger partial charge on any atom is -0.396 e. The molecule has 0 saturated carbocycles. The van der Waals surface area contributed by atoms with Gasteiger partial charge in [-0.1, -0.05) is 0 Å². The number of amides is 1. The van der Waals surface area contributed by atoms with Gasteiger partial charge in [-0.25, -0.2) is 0 Å². The molecule has 1 aromatic heterocycles. The second kappa shape index (κ2) is 5.77. The number of aromatic nitrogens is 1. The molecule has 1 unspecified atom stereocenters. The molecule has 1 N–H and O–H groups in total. The summed E-state index contributed by atoms with van der Waals surface area (Å²) in [5.74, 6) is 0.0681. The van der Waals surface area contributed by atoms with E-state index < -0.39 is 0 Å². The first-order valence-electron chi connectivity index (χ1n) is 6.15. The SMILES string of the molecule is O=C(c1cccnc1)N1CCCC1CCCO. The Hall–Kier alpha value is -1.42. The van der Waals surface area contributed by atoms with E-state index in [1.165, 1.54) is 0 Å². The Labute approximate surface area is 101 Å². The van der Waals surface area contributed by atoms with Crippen molar-refractivity contribution in [3.8, 4) is 0 Å². The van der Waals surface area contributed by atoms with Crippen LogP contribution < -0.4 is 0 Å². The predicted molar refractivity (Wildman–Crippen MR) is 64.6 cm³/mol. The predicted octanol–water partition coefficient (Wildman–Crippen LogP) is 1.46. The van der Waals surface area contributed by atoms with Crippen LogP contribution in [0.3, 0.4) is 0 Å². The number of likely N-dealkylation sites (tertiary alicyclic amines) is 1. The zero-order valence-electron chi connectivity index (χ0n) is 9.88. The van der Waals surface area contributed by atoms with E-state index in [-0.39, 0.29) is 18.6 Å². The van der Waals surface area contributed by atoms with Gasteiger partial charge in [0.25, 0.3) is 5.91 Å². The molecule has 0 spiro atoms. The molecule has 1 aliphatic rings. The van der Waals surface area contributed by atoms with Crippen molar-refractivity contribution in [2.75, 3.05) is 13.2 Å². The van der Waals surface area contributed by atoms with E-state index in [1.807, 2.05) is 4.90 Å². The minimum atomic E-state index is 0.0681. The number of hydrogen-bond acceptors (Lipinski definition) is 3. The second-order valence-corrected chi connectivity index (χ2v) is 4.40. The fraction of sp³-hybridized carbons (Fsp3) is 0.538. The van der Waals surface area contributed by atoms with Crippen LogP contribution >= 0.6 is 0 Å². The van der Waals surface area contributed by atoms with Gasteiger partial charge in [-0.15, -0.1) is 0 Å². The van der Waals surface area contributed by atoms with Crippen molar-refractivity contribution in [3.63, 3.8) is 0 Å². The van der Waals surface area contributed by atoms with Crippen molar-refractivity contribution in [1.29, 1.82) is 0 Å². The van der Waals surface area contributed by atoms with Gasteiger partial charge >= 0.3 is 0 Å². The first-order valence-corrected chi connectivity index (χ1v) is 6.15. The molecular weight excluding hydrogens is 216 g/mol. The maximum atomic E-state index is 12.2. The van der Waals surface area contributed by atoms with Gasteiger partial charge in [-0.05, 0) is 37.8 Å². The molecule has 1 fully saturated rings. The Balaban J connectivity index is 2.03. The lowest BCUT2D eigenvalue weighted by molar-refractivity contribution is 0.0724. The van der Waals surface area contributed by atoms with E-state index in [9.17, 15) is 4.79 Å². The van der Waals surface area contributed by atoms with E-state index in [2.05, 4.69) is 4.98 Å². The van der Waals surface area contributed by atoms with Gasteiger partial charge in [0.1, 0.15) is 0 Å². The number of rotatable bonds is 4. The van der Waals surface area contributed by atoms with Crippen LogP contribution in [0.4, 0.5) is 0 Å². The van der Waals surface area contributed by atoms with Crippen molar-refractivity contribution in [3.05, 3.63) is 30.1 Å². The largest absolute Gasteiger partial charge is 0.396 e. The lowest BCUT2D eigenvalue weighted by atomic mass is 10.1. The molecule has 0 aromatic carbocycles. The van der Waals surface area contributed by atoms with E-state index in [0.29, 0.717) is 5.56 Å². The number of nitrogens with zero attached hydrogens (tertiary/aromatic N) is 2. The fourth-order valence-electron chi connectivity index (χ4n) is 2.39. The van der Waals surface area contributed by atoms with Gasteiger partial charge in [-0.2, -0.15) is 0 Å². The Bertz CT molecular complexity index is 367. The van der Waals surface area contributed by atoms with Crippen molar-refractivity contribution in [2.24, 2.45) is 0 Å². The summed E-state index contributed by atoms with van der Waals surface area (Å²) in [5, 5.41) is 8.86. The average molecular weight is 234 g/mol. The van der Waals surface area contributed by atoms with Crippen LogP contribution in [-0.2, 0) is 0 Å². The smallest absolute Gasteiger partial charge is 0.255 e. The first-order chi connectivity index (χ1) is 8.33. The monoisotopic (exact) mass is 234 g/mol. The number of hydrogen-bond donors (Lipinski definition) is 1. The lowest BCUT2D eigenvalue weighted by Crippen LogP contribution is -2.35. The summed E-state index contributed by atoms with van der Waals surface area (Å²) in [6.45, 7) is 1.02. The molecule has 4 nitrogen and oxygen atoms in total. The van der Waals surface area contributed by atoms with Crippen molar-refractivity contribution < 1.29 is 9.90 Å². The Kier molecular flexibility index (Phi) is 4.09. The van der Waals surface area contributed by atoms with Crippen molar-refractivity contribution in [1.82, 2.24) is 9.88 Å². The summed E-state index contributed by atoms with van der Waals surface area (Å²) in [4.78, 5) is 18.1. The van der Waals surface area contributed by atoms with Crippen LogP contribution in [0.25, 0.3) is 0 Å². The van der Waals surface area contributed by atoms with Gasteiger partial charge < -0.3 is 10.0 Å². The molecule has 2 heterocycles. The fourth-order valence-corrected chi connectivity index (χ4v) is 2.39. The van der Waals surface area contributed by atoms with Crippen LogP contribution in [0, 0.1) is 0 Å². The van der Waals surface area contributed by atoms with E-state index >= 15 is 0 Å². The summed E-state index contributed by atoms with van der Waals surface area (Å²) in [6, 6.07) is 3.87. The molecule has 4 heteroatoms. The summed E-state index contributed by atoms with van der Waals surface area (Å²) in [5.41, 5.74) is 0.656. The molecule has 17 heavy (non-hydrogen) atoms. The first kappa shape index (κ1) is 12.0. The highest BCUT2D eigenvalue weighted by Gasteiger charge is 2.28. The molecule has 92 valence electrons. The molecule has 1 aromatic rings. The van der Waals surface area contributed by atoms with E-state index in [1.54, 1.807) is 24.5 Å². The Morgan fingerprint density at radius 3 is 3.18 bits per heavy atom. The summed E-state index contributed by atoms with van der Waals surface area (Å²) >= 11 is 0. The maximum absolute atomic E-state index is 12.2. The topological polar surface area (TPSA) is 53.4 Å². The number of carbonyl (C=O) groups excluding carboxylic acids is 1. The average Bonchev–Trinajstić information content (AvgIpc) is 2.84. The second-order valence-electron chi connectivity index (χ2n) is 4.40. The molecule has 0 aliphatic carbocycles. The van der Waals surface area contributed by atoms with Gasteiger partial charge in [0.15, 0.2) is 0 Å². The molecule has 0 bridgehead atoms. The third-order valence-corrected chi connectivity index (χ3v) is 3.24. The normalized spacial score (nSPS) is 19.6. The number of aliphatic hydroxyl groups is 1. The molecule has 2 rings (SSSR count). The van der Waals surface area contributed by atoms with E-state index in [4.69, 9.17) is 5.11 Å². The number of carbonyl (C=O) groups is 1.